The normalized spacial score (nSPS) is 13.4. The Morgan fingerprint density at radius 1 is 0.893 bits per heavy atom. The van der Waals surface area contributed by atoms with Crippen molar-refractivity contribution in [2.75, 3.05) is 0 Å². The van der Waals surface area contributed by atoms with Gasteiger partial charge in [-0.2, -0.15) is 0 Å². The van der Waals surface area contributed by atoms with Gasteiger partial charge in [0.25, 0.3) is 0 Å². The molecule has 2 atom stereocenters. The SMILES string of the molecule is C[C@@H](N[C@@H](Cc1ccccc1)C(=O)OC(C)(C)C)C(=O)OCc1ccccc1. The van der Waals surface area contributed by atoms with E-state index in [1.54, 1.807) is 6.92 Å². The van der Waals surface area contributed by atoms with Crippen LogP contribution >= 0.6 is 0 Å². The third-order valence-electron chi connectivity index (χ3n) is 4.00. The number of ether oxygens (including phenoxy) is 2. The summed E-state index contributed by atoms with van der Waals surface area (Å²) in [5.41, 5.74) is 1.29. The number of benzene rings is 2. The quantitative estimate of drug-likeness (QED) is 0.705. The van der Waals surface area contributed by atoms with Crippen molar-refractivity contribution in [1.82, 2.24) is 5.32 Å². The Balaban J connectivity index is 2.00. The number of hydrogen-bond donors (Lipinski definition) is 1. The molecule has 0 saturated carbocycles. The summed E-state index contributed by atoms with van der Waals surface area (Å²) in [6.07, 6.45) is 0.423. The summed E-state index contributed by atoms with van der Waals surface area (Å²) in [7, 11) is 0. The lowest BCUT2D eigenvalue weighted by molar-refractivity contribution is -0.158. The van der Waals surface area contributed by atoms with Gasteiger partial charge in [-0.3, -0.25) is 14.9 Å². The average Bonchev–Trinajstić information content (AvgIpc) is 2.65. The molecule has 0 bridgehead atoms. The van der Waals surface area contributed by atoms with Gasteiger partial charge in [-0.05, 0) is 45.2 Å². The van der Waals surface area contributed by atoms with Crippen molar-refractivity contribution in [3.63, 3.8) is 0 Å². The van der Waals surface area contributed by atoms with E-state index in [-0.39, 0.29) is 12.6 Å². The molecule has 2 aromatic rings. The molecule has 5 nitrogen and oxygen atoms in total. The van der Waals surface area contributed by atoms with Gasteiger partial charge in [0, 0.05) is 0 Å². The van der Waals surface area contributed by atoms with Gasteiger partial charge in [-0.15, -0.1) is 0 Å². The summed E-state index contributed by atoms with van der Waals surface area (Å²) >= 11 is 0. The monoisotopic (exact) mass is 383 g/mol. The van der Waals surface area contributed by atoms with Gasteiger partial charge in [0.05, 0.1) is 0 Å². The molecule has 0 unspecified atom stereocenters. The second-order valence-corrected chi connectivity index (χ2v) is 7.76. The summed E-state index contributed by atoms with van der Waals surface area (Å²) < 4.78 is 10.9. The molecule has 0 saturated heterocycles. The maximum Gasteiger partial charge on any atom is 0.324 e. The van der Waals surface area contributed by atoms with E-state index in [0.717, 1.165) is 11.1 Å². The van der Waals surface area contributed by atoms with Crippen LogP contribution in [-0.2, 0) is 32.1 Å². The van der Waals surface area contributed by atoms with Gasteiger partial charge in [-0.1, -0.05) is 60.7 Å². The van der Waals surface area contributed by atoms with Crippen LogP contribution in [0.2, 0.25) is 0 Å². The summed E-state index contributed by atoms with van der Waals surface area (Å²) in [6, 6.07) is 17.8. The zero-order valence-electron chi connectivity index (χ0n) is 17.0. The first-order valence-electron chi connectivity index (χ1n) is 9.48. The third-order valence-corrected chi connectivity index (χ3v) is 4.00. The first-order valence-corrected chi connectivity index (χ1v) is 9.48. The number of hydrogen-bond acceptors (Lipinski definition) is 5. The molecular weight excluding hydrogens is 354 g/mol. The fraction of sp³-hybridized carbons (Fsp3) is 0.391. The number of esters is 2. The van der Waals surface area contributed by atoms with Crippen molar-refractivity contribution in [3.05, 3.63) is 71.8 Å². The Kier molecular flexibility index (Phi) is 7.76. The fourth-order valence-corrected chi connectivity index (χ4v) is 2.66. The van der Waals surface area contributed by atoms with E-state index in [2.05, 4.69) is 5.32 Å². The minimum Gasteiger partial charge on any atom is -0.460 e. The summed E-state index contributed by atoms with van der Waals surface area (Å²) in [5.74, 6) is -0.801. The molecular formula is C23H29NO4. The zero-order valence-corrected chi connectivity index (χ0v) is 17.0. The maximum atomic E-state index is 12.7. The van der Waals surface area contributed by atoms with Crippen LogP contribution < -0.4 is 5.32 Å². The van der Waals surface area contributed by atoms with Crippen molar-refractivity contribution in [2.45, 2.75) is 58.4 Å². The van der Waals surface area contributed by atoms with Crippen molar-refractivity contribution in [1.29, 1.82) is 0 Å². The molecule has 0 spiro atoms. The molecule has 0 aliphatic heterocycles. The highest BCUT2D eigenvalue weighted by atomic mass is 16.6. The van der Waals surface area contributed by atoms with Gasteiger partial charge in [0.15, 0.2) is 0 Å². The largest absolute Gasteiger partial charge is 0.460 e. The number of carbonyl (C=O) groups is 2. The minimum atomic E-state index is -0.652. The van der Waals surface area contributed by atoms with Crippen LogP contribution in [0.25, 0.3) is 0 Å². The predicted molar refractivity (Wildman–Crippen MR) is 109 cm³/mol. The van der Waals surface area contributed by atoms with Gasteiger partial charge >= 0.3 is 11.9 Å². The Labute approximate surface area is 167 Å². The van der Waals surface area contributed by atoms with E-state index < -0.39 is 23.7 Å². The van der Waals surface area contributed by atoms with Crippen LogP contribution in [0, 0.1) is 0 Å². The Bertz CT molecular complexity index is 753. The lowest BCUT2D eigenvalue weighted by Gasteiger charge is -2.26. The average molecular weight is 383 g/mol. The molecule has 28 heavy (non-hydrogen) atoms. The maximum absolute atomic E-state index is 12.7. The third kappa shape index (κ3) is 7.53. The molecule has 2 aromatic carbocycles. The number of rotatable bonds is 8. The minimum absolute atomic E-state index is 0.196. The molecule has 1 N–H and O–H groups in total. The fourth-order valence-electron chi connectivity index (χ4n) is 2.66. The van der Waals surface area contributed by atoms with E-state index in [4.69, 9.17) is 9.47 Å². The van der Waals surface area contributed by atoms with Crippen LogP contribution in [0.4, 0.5) is 0 Å². The van der Waals surface area contributed by atoms with Gasteiger partial charge in [-0.25, -0.2) is 0 Å². The van der Waals surface area contributed by atoms with Crippen LogP contribution in [0.1, 0.15) is 38.8 Å². The summed E-state index contributed by atoms with van der Waals surface area (Å²) in [6.45, 7) is 7.35. The molecule has 2 rings (SSSR count). The Morgan fingerprint density at radius 3 is 1.96 bits per heavy atom. The molecule has 5 heteroatoms. The van der Waals surface area contributed by atoms with Crippen LogP contribution in [0.3, 0.4) is 0 Å². The number of nitrogens with one attached hydrogen (secondary N) is 1. The second kappa shape index (κ2) is 10.0. The number of carbonyl (C=O) groups excluding carboxylic acids is 2. The smallest absolute Gasteiger partial charge is 0.324 e. The molecule has 0 aromatic heterocycles. The van der Waals surface area contributed by atoms with Crippen molar-refractivity contribution in [2.24, 2.45) is 0 Å². The standard InChI is InChI=1S/C23H29NO4/c1-17(21(25)27-16-19-13-9-6-10-14-19)24-20(22(26)28-23(2,3)4)15-18-11-7-5-8-12-18/h5-14,17,20,24H,15-16H2,1-4H3/t17-,20+/m1/s1. The van der Waals surface area contributed by atoms with Gasteiger partial charge in [0.2, 0.25) is 0 Å². The van der Waals surface area contributed by atoms with E-state index in [1.165, 1.54) is 0 Å². The van der Waals surface area contributed by atoms with Crippen LogP contribution in [0.15, 0.2) is 60.7 Å². The molecule has 0 radical (unpaired) electrons. The van der Waals surface area contributed by atoms with E-state index in [9.17, 15) is 9.59 Å². The van der Waals surface area contributed by atoms with Crippen LogP contribution in [-0.4, -0.2) is 29.6 Å². The lowest BCUT2D eigenvalue weighted by atomic mass is 10.0. The van der Waals surface area contributed by atoms with E-state index >= 15 is 0 Å². The highest BCUT2D eigenvalue weighted by molar-refractivity contribution is 5.80. The Morgan fingerprint density at radius 2 is 1.43 bits per heavy atom. The molecule has 0 aliphatic rings. The van der Waals surface area contributed by atoms with Crippen molar-refractivity contribution >= 4 is 11.9 Å². The van der Waals surface area contributed by atoms with Crippen molar-refractivity contribution in [3.8, 4) is 0 Å². The molecule has 150 valence electrons. The topological polar surface area (TPSA) is 64.6 Å². The van der Waals surface area contributed by atoms with E-state index in [1.807, 2.05) is 81.4 Å². The zero-order chi connectivity index (χ0) is 20.6. The molecule has 0 amide bonds. The summed E-state index contributed by atoms with van der Waals surface area (Å²) in [5, 5.41) is 3.07. The highest BCUT2D eigenvalue weighted by Crippen LogP contribution is 2.12. The van der Waals surface area contributed by atoms with Crippen LogP contribution in [0.5, 0.6) is 0 Å². The van der Waals surface area contributed by atoms with Crippen molar-refractivity contribution < 1.29 is 19.1 Å². The summed E-state index contributed by atoms with van der Waals surface area (Å²) in [4.78, 5) is 25.0. The molecule has 0 aliphatic carbocycles. The second-order valence-electron chi connectivity index (χ2n) is 7.76. The first kappa shape index (κ1) is 21.6. The molecule has 0 fully saturated rings. The predicted octanol–water partition coefficient (Wildman–Crippen LogP) is 3.66. The van der Waals surface area contributed by atoms with Gasteiger partial charge < -0.3 is 9.47 Å². The molecule has 0 heterocycles. The highest BCUT2D eigenvalue weighted by Gasteiger charge is 2.28. The Hall–Kier alpha value is -2.66. The lowest BCUT2D eigenvalue weighted by Crippen LogP contribution is -2.49. The van der Waals surface area contributed by atoms with Gasteiger partial charge in [0.1, 0.15) is 24.3 Å². The first-order chi connectivity index (χ1) is 13.2. The van der Waals surface area contributed by atoms with E-state index in [0.29, 0.717) is 6.42 Å².